The second-order valence-electron chi connectivity index (χ2n) is 7.56. The Bertz CT molecular complexity index is 287. The van der Waals surface area contributed by atoms with Crippen LogP contribution < -0.4 is 5.32 Å². The summed E-state index contributed by atoms with van der Waals surface area (Å²) in [4.78, 5) is 0. The highest BCUT2D eigenvalue weighted by Gasteiger charge is 2.40. The molecule has 2 heteroatoms. The van der Waals surface area contributed by atoms with E-state index < -0.39 is 0 Å². The molecule has 0 radical (unpaired) electrons. The minimum atomic E-state index is 0.796. The molecule has 0 aromatic carbocycles. The summed E-state index contributed by atoms with van der Waals surface area (Å²) in [6.45, 7) is 3.52. The van der Waals surface area contributed by atoms with E-state index in [4.69, 9.17) is 0 Å². The van der Waals surface area contributed by atoms with Gasteiger partial charge < -0.3 is 5.32 Å². The number of fused-ring (bicyclic) bond motifs is 2. The van der Waals surface area contributed by atoms with Crippen molar-refractivity contribution in [2.24, 2.45) is 17.8 Å². The predicted molar refractivity (Wildman–Crippen MR) is 90.4 cm³/mol. The Morgan fingerprint density at radius 1 is 1.10 bits per heavy atom. The van der Waals surface area contributed by atoms with Crippen molar-refractivity contribution in [2.75, 3.05) is 12.3 Å². The van der Waals surface area contributed by atoms with Gasteiger partial charge in [0, 0.05) is 17.0 Å². The lowest BCUT2D eigenvalue weighted by Gasteiger charge is -2.28. The highest BCUT2D eigenvalue weighted by molar-refractivity contribution is 7.99. The van der Waals surface area contributed by atoms with E-state index in [0.717, 1.165) is 29.0 Å². The molecular weight excluding hydrogens is 262 g/mol. The van der Waals surface area contributed by atoms with Crippen LogP contribution in [0.1, 0.15) is 71.1 Å². The van der Waals surface area contributed by atoms with Gasteiger partial charge in [-0.05, 0) is 69.2 Å². The molecule has 1 N–H and O–H groups in total. The van der Waals surface area contributed by atoms with Crippen molar-refractivity contribution in [3.63, 3.8) is 0 Å². The molecule has 20 heavy (non-hydrogen) atoms. The Morgan fingerprint density at radius 3 is 2.60 bits per heavy atom. The lowest BCUT2D eigenvalue weighted by atomic mass is 9.84. The van der Waals surface area contributed by atoms with E-state index in [2.05, 4.69) is 24.0 Å². The third-order valence-corrected chi connectivity index (χ3v) is 7.53. The van der Waals surface area contributed by atoms with Gasteiger partial charge in [0.25, 0.3) is 0 Å². The molecular formula is C18H33NS. The van der Waals surface area contributed by atoms with Gasteiger partial charge in [-0.15, -0.1) is 0 Å². The van der Waals surface area contributed by atoms with E-state index in [1.54, 1.807) is 25.7 Å². The summed E-state index contributed by atoms with van der Waals surface area (Å²) >= 11 is 2.28. The number of hydrogen-bond acceptors (Lipinski definition) is 2. The minimum Gasteiger partial charge on any atom is -0.313 e. The van der Waals surface area contributed by atoms with Crippen LogP contribution >= 0.6 is 11.8 Å². The van der Waals surface area contributed by atoms with Crippen molar-refractivity contribution in [1.82, 2.24) is 5.32 Å². The zero-order valence-corrected chi connectivity index (χ0v) is 14.1. The normalized spacial score (nSPS) is 35.0. The maximum Gasteiger partial charge on any atom is 0.0161 e. The van der Waals surface area contributed by atoms with Crippen molar-refractivity contribution in [1.29, 1.82) is 0 Å². The van der Waals surface area contributed by atoms with Crippen molar-refractivity contribution in [3.8, 4) is 0 Å². The minimum absolute atomic E-state index is 0.796. The SMILES string of the molecule is CCCNC(CSC1CCCC1)CC1CC2CCC1C2. The number of nitrogens with one attached hydrogen (secondary N) is 1. The molecule has 0 aliphatic heterocycles. The molecule has 0 spiro atoms. The van der Waals surface area contributed by atoms with Gasteiger partial charge in [0.1, 0.15) is 0 Å². The molecule has 3 saturated carbocycles. The lowest BCUT2D eigenvalue weighted by Crippen LogP contribution is -2.35. The van der Waals surface area contributed by atoms with Crippen molar-refractivity contribution in [2.45, 2.75) is 82.4 Å². The van der Waals surface area contributed by atoms with Gasteiger partial charge in [0.2, 0.25) is 0 Å². The highest BCUT2D eigenvalue weighted by Crippen LogP contribution is 2.50. The van der Waals surface area contributed by atoms with Gasteiger partial charge in [-0.3, -0.25) is 0 Å². The molecule has 4 atom stereocenters. The summed E-state index contributed by atoms with van der Waals surface area (Å²) in [5.74, 6) is 4.65. The summed E-state index contributed by atoms with van der Waals surface area (Å²) in [7, 11) is 0. The van der Waals surface area contributed by atoms with E-state index in [-0.39, 0.29) is 0 Å². The fraction of sp³-hybridized carbons (Fsp3) is 1.00. The fourth-order valence-electron chi connectivity index (χ4n) is 4.90. The van der Waals surface area contributed by atoms with E-state index in [0.29, 0.717) is 0 Å². The molecule has 0 aromatic heterocycles. The van der Waals surface area contributed by atoms with Gasteiger partial charge in [0.15, 0.2) is 0 Å². The van der Waals surface area contributed by atoms with Crippen LogP contribution in [0, 0.1) is 17.8 Å². The second-order valence-corrected chi connectivity index (χ2v) is 8.89. The van der Waals surface area contributed by atoms with E-state index in [1.165, 1.54) is 50.8 Å². The first-order chi connectivity index (χ1) is 9.85. The van der Waals surface area contributed by atoms with Gasteiger partial charge >= 0.3 is 0 Å². The van der Waals surface area contributed by atoms with Gasteiger partial charge in [-0.2, -0.15) is 11.8 Å². The number of thioether (sulfide) groups is 1. The zero-order chi connectivity index (χ0) is 13.8. The second kappa shape index (κ2) is 7.54. The van der Waals surface area contributed by atoms with Crippen LogP contribution in [-0.2, 0) is 0 Å². The molecule has 0 heterocycles. The van der Waals surface area contributed by atoms with E-state index in [1.807, 2.05) is 0 Å². The van der Waals surface area contributed by atoms with Crippen molar-refractivity contribution >= 4 is 11.8 Å². The van der Waals surface area contributed by atoms with Crippen LogP contribution in [0.3, 0.4) is 0 Å². The summed E-state index contributed by atoms with van der Waals surface area (Å²) in [6, 6.07) is 0.796. The summed E-state index contributed by atoms with van der Waals surface area (Å²) in [5, 5.41) is 4.85. The monoisotopic (exact) mass is 295 g/mol. The predicted octanol–water partition coefficient (Wildman–Crippen LogP) is 4.86. The molecule has 0 amide bonds. The first-order valence-electron chi connectivity index (χ1n) is 9.20. The molecule has 3 rings (SSSR count). The van der Waals surface area contributed by atoms with Crippen LogP contribution in [0.25, 0.3) is 0 Å². The van der Waals surface area contributed by atoms with Crippen LogP contribution in [-0.4, -0.2) is 23.6 Å². The zero-order valence-electron chi connectivity index (χ0n) is 13.3. The van der Waals surface area contributed by atoms with Crippen LogP contribution in [0.2, 0.25) is 0 Å². The Labute approximate surface area is 130 Å². The number of rotatable bonds is 8. The summed E-state index contributed by atoms with van der Waals surface area (Å²) in [5.41, 5.74) is 0. The van der Waals surface area contributed by atoms with Crippen molar-refractivity contribution in [3.05, 3.63) is 0 Å². The molecule has 0 saturated heterocycles. The average molecular weight is 296 g/mol. The Hall–Kier alpha value is 0.310. The lowest BCUT2D eigenvalue weighted by molar-refractivity contribution is 0.286. The van der Waals surface area contributed by atoms with E-state index in [9.17, 15) is 0 Å². The molecule has 3 fully saturated rings. The van der Waals surface area contributed by atoms with Crippen LogP contribution in [0.15, 0.2) is 0 Å². The first-order valence-corrected chi connectivity index (χ1v) is 10.2. The average Bonchev–Trinajstić information content (AvgIpc) is 3.18. The van der Waals surface area contributed by atoms with Crippen molar-refractivity contribution < 1.29 is 0 Å². The Balaban J connectivity index is 1.44. The van der Waals surface area contributed by atoms with Gasteiger partial charge in [0.05, 0.1) is 0 Å². The fourth-order valence-corrected chi connectivity index (χ4v) is 6.32. The smallest absolute Gasteiger partial charge is 0.0161 e. The molecule has 2 bridgehead atoms. The van der Waals surface area contributed by atoms with Crippen LogP contribution in [0.5, 0.6) is 0 Å². The molecule has 1 nitrogen and oxygen atoms in total. The third kappa shape index (κ3) is 3.94. The number of hydrogen-bond donors (Lipinski definition) is 1. The Morgan fingerprint density at radius 2 is 1.95 bits per heavy atom. The van der Waals surface area contributed by atoms with E-state index >= 15 is 0 Å². The molecule has 3 aliphatic rings. The first kappa shape index (κ1) is 15.2. The maximum absolute atomic E-state index is 3.86. The standard InChI is InChI=1S/C18H33NS/c1-2-9-19-17(13-20-18-5-3-4-6-18)12-16-11-14-7-8-15(16)10-14/h14-19H,2-13H2,1H3. The van der Waals surface area contributed by atoms with Gasteiger partial charge in [-0.1, -0.05) is 26.2 Å². The Kier molecular flexibility index (Phi) is 5.73. The summed E-state index contributed by atoms with van der Waals surface area (Å²) < 4.78 is 0. The highest BCUT2D eigenvalue weighted by atomic mass is 32.2. The largest absolute Gasteiger partial charge is 0.313 e. The topological polar surface area (TPSA) is 12.0 Å². The summed E-state index contributed by atoms with van der Waals surface area (Å²) in [6.07, 6.45) is 14.9. The maximum atomic E-state index is 3.86. The molecule has 4 unspecified atom stereocenters. The molecule has 3 aliphatic carbocycles. The van der Waals surface area contributed by atoms with Gasteiger partial charge in [-0.25, -0.2) is 0 Å². The van der Waals surface area contributed by atoms with Crippen LogP contribution in [0.4, 0.5) is 0 Å². The molecule has 0 aromatic rings. The molecule has 116 valence electrons. The third-order valence-electron chi connectivity index (χ3n) is 5.99. The quantitative estimate of drug-likeness (QED) is 0.686.